The molecular formula is C16H15F3N2O2. The van der Waals surface area contributed by atoms with Gasteiger partial charge in [-0.25, -0.2) is 0 Å². The zero-order valence-electron chi connectivity index (χ0n) is 12.4. The van der Waals surface area contributed by atoms with E-state index >= 15 is 0 Å². The average Bonchev–Trinajstić information content (AvgIpc) is 2.46. The molecule has 4 nitrogen and oxygen atoms in total. The second kappa shape index (κ2) is 6.68. The van der Waals surface area contributed by atoms with Gasteiger partial charge in [0.1, 0.15) is 6.54 Å². The van der Waals surface area contributed by atoms with Crippen molar-refractivity contribution >= 4 is 5.91 Å². The Kier molecular flexibility index (Phi) is 4.88. The Bertz CT molecular complexity index is 766. The van der Waals surface area contributed by atoms with E-state index in [1.165, 1.54) is 0 Å². The highest BCUT2D eigenvalue weighted by molar-refractivity contribution is 5.75. The number of hydrogen-bond acceptors (Lipinski definition) is 2. The number of hydrogen-bond donors (Lipinski definition) is 1. The van der Waals surface area contributed by atoms with Crippen molar-refractivity contribution in [2.75, 3.05) is 0 Å². The lowest BCUT2D eigenvalue weighted by Crippen LogP contribution is -2.32. The molecule has 2 aromatic rings. The van der Waals surface area contributed by atoms with E-state index in [1.807, 2.05) is 31.2 Å². The first-order valence-corrected chi connectivity index (χ1v) is 6.85. The van der Waals surface area contributed by atoms with Crippen molar-refractivity contribution in [3.05, 3.63) is 69.6 Å². The van der Waals surface area contributed by atoms with E-state index in [1.54, 1.807) is 0 Å². The minimum absolute atomic E-state index is 0.244. The van der Waals surface area contributed by atoms with Crippen LogP contribution in [-0.4, -0.2) is 10.5 Å². The fraction of sp³-hybridized carbons (Fsp3) is 0.250. The standard InChI is InChI=1S/C16H15F3N2O2/c1-11-3-2-4-12(7-11)8-20-14(22)10-21-9-13(16(17,18)19)5-6-15(21)23/h2-7,9H,8,10H2,1H3,(H,20,22). The van der Waals surface area contributed by atoms with Crippen LogP contribution < -0.4 is 10.9 Å². The summed E-state index contributed by atoms with van der Waals surface area (Å²) in [6, 6.07) is 8.96. The van der Waals surface area contributed by atoms with Gasteiger partial charge in [0, 0.05) is 18.8 Å². The summed E-state index contributed by atoms with van der Waals surface area (Å²) >= 11 is 0. The molecule has 0 atom stereocenters. The molecule has 0 aliphatic heterocycles. The summed E-state index contributed by atoms with van der Waals surface area (Å²) in [5, 5.41) is 2.58. The molecule has 7 heteroatoms. The summed E-state index contributed by atoms with van der Waals surface area (Å²) in [6.07, 6.45) is -3.91. The fourth-order valence-electron chi connectivity index (χ4n) is 2.06. The van der Waals surface area contributed by atoms with Crippen LogP contribution in [0.5, 0.6) is 0 Å². The van der Waals surface area contributed by atoms with E-state index in [4.69, 9.17) is 0 Å². The van der Waals surface area contributed by atoms with Crippen LogP contribution >= 0.6 is 0 Å². The van der Waals surface area contributed by atoms with Crippen molar-refractivity contribution in [2.24, 2.45) is 0 Å². The molecule has 0 radical (unpaired) electrons. The Hall–Kier alpha value is -2.57. The molecule has 0 unspecified atom stereocenters. The van der Waals surface area contributed by atoms with Crippen molar-refractivity contribution in [1.29, 1.82) is 0 Å². The number of aromatic nitrogens is 1. The maximum absolute atomic E-state index is 12.6. The monoisotopic (exact) mass is 324 g/mol. The van der Waals surface area contributed by atoms with E-state index in [2.05, 4.69) is 5.32 Å². The Morgan fingerprint density at radius 3 is 2.61 bits per heavy atom. The van der Waals surface area contributed by atoms with Gasteiger partial charge in [0.2, 0.25) is 5.91 Å². The van der Waals surface area contributed by atoms with Crippen LogP contribution in [0, 0.1) is 6.92 Å². The number of nitrogens with one attached hydrogen (secondary N) is 1. The number of halogens is 3. The lowest BCUT2D eigenvalue weighted by Gasteiger charge is -2.11. The smallest absolute Gasteiger partial charge is 0.350 e. The van der Waals surface area contributed by atoms with E-state index in [0.29, 0.717) is 12.3 Å². The van der Waals surface area contributed by atoms with E-state index < -0.39 is 29.8 Å². The van der Waals surface area contributed by atoms with Gasteiger partial charge in [0.15, 0.2) is 0 Å². The molecule has 0 aliphatic rings. The highest BCUT2D eigenvalue weighted by atomic mass is 19.4. The number of nitrogens with zero attached hydrogens (tertiary/aromatic N) is 1. The van der Waals surface area contributed by atoms with Crippen molar-refractivity contribution < 1.29 is 18.0 Å². The van der Waals surface area contributed by atoms with Crippen LogP contribution in [0.2, 0.25) is 0 Å². The van der Waals surface area contributed by atoms with Crippen LogP contribution in [0.1, 0.15) is 16.7 Å². The highest BCUT2D eigenvalue weighted by Gasteiger charge is 2.31. The summed E-state index contributed by atoms with van der Waals surface area (Å²) in [6.45, 7) is 1.69. The molecule has 0 bridgehead atoms. The first kappa shape index (κ1) is 16.8. The molecule has 1 aromatic heterocycles. The molecule has 1 N–H and O–H groups in total. The van der Waals surface area contributed by atoms with Crippen molar-refractivity contribution in [3.63, 3.8) is 0 Å². The van der Waals surface area contributed by atoms with Gasteiger partial charge < -0.3 is 9.88 Å². The van der Waals surface area contributed by atoms with Crippen LogP contribution in [0.15, 0.2) is 47.4 Å². The van der Waals surface area contributed by atoms with Crippen molar-refractivity contribution in [2.45, 2.75) is 26.2 Å². The molecule has 23 heavy (non-hydrogen) atoms. The van der Waals surface area contributed by atoms with Gasteiger partial charge in [-0.15, -0.1) is 0 Å². The normalized spacial score (nSPS) is 11.3. The number of carbonyl (C=O) groups excluding carboxylic acids is 1. The van der Waals surface area contributed by atoms with Gasteiger partial charge in [-0.3, -0.25) is 9.59 Å². The van der Waals surface area contributed by atoms with Crippen LogP contribution in [0.25, 0.3) is 0 Å². The van der Waals surface area contributed by atoms with Gasteiger partial charge in [0.25, 0.3) is 5.56 Å². The average molecular weight is 324 g/mol. The second-order valence-corrected chi connectivity index (χ2v) is 5.15. The molecule has 0 fully saturated rings. The first-order valence-electron chi connectivity index (χ1n) is 6.85. The number of rotatable bonds is 4. The van der Waals surface area contributed by atoms with Gasteiger partial charge in [0.05, 0.1) is 5.56 Å². The Morgan fingerprint density at radius 2 is 1.96 bits per heavy atom. The fourth-order valence-corrected chi connectivity index (χ4v) is 2.06. The third-order valence-electron chi connectivity index (χ3n) is 3.20. The van der Waals surface area contributed by atoms with Crippen molar-refractivity contribution in [3.8, 4) is 0 Å². The number of carbonyl (C=O) groups is 1. The third kappa shape index (κ3) is 4.70. The van der Waals surface area contributed by atoms with E-state index in [0.717, 1.165) is 21.8 Å². The number of amides is 1. The molecule has 0 spiro atoms. The summed E-state index contributed by atoms with van der Waals surface area (Å²) in [4.78, 5) is 23.4. The molecule has 0 saturated heterocycles. The second-order valence-electron chi connectivity index (χ2n) is 5.15. The summed E-state index contributed by atoms with van der Waals surface area (Å²) in [5.41, 5.74) is 0.271. The van der Waals surface area contributed by atoms with E-state index in [9.17, 15) is 22.8 Å². The van der Waals surface area contributed by atoms with Gasteiger partial charge >= 0.3 is 6.18 Å². The maximum atomic E-state index is 12.6. The zero-order chi connectivity index (χ0) is 17.0. The Labute approximate surface area is 130 Å². The minimum atomic E-state index is -4.56. The Morgan fingerprint density at radius 1 is 1.22 bits per heavy atom. The van der Waals surface area contributed by atoms with Crippen LogP contribution in [0.3, 0.4) is 0 Å². The first-order chi connectivity index (χ1) is 10.8. The highest BCUT2D eigenvalue weighted by Crippen LogP contribution is 2.27. The molecule has 122 valence electrons. The quantitative estimate of drug-likeness (QED) is 0.939. The van der Waals surface area contributed by atoms with Gasteiger partial charge in [-0.05, 0) is 18.6 Å². The number of benzene rings is 1. The molecular weight excluding hydrogens is 309 g/mol. The molecule has 0 saturated carbocycles. The van der Waals surface area contributed by atoms with Gasteiger partial charge in [-0.1, -0.05) is 29.8 Å². The number of pyridine rings is 1. The number of aryl methyl sites for hydroxylation is 1. The maximum Gasteiger partial charge on any atom is 0.417 e. The lowest BCUT2D eigenvalue weighted by atomic mass is 10.1. The molecule has 1 heterocycles. The largest absolute Gasteiger partial charge is 0.417 e. The van der Waals surface area contributed by atoms with Crippen LogP contribution in [-0.2, 0) is 24.1 Å². The van der Waals surface area contributed by atoms with Crippen molar-refractivity contribution in [1.82, 2.24) is 9.88 Å². The molecule has 2 rings (SSSR count). The summed E-state index contributed by atoms with van der Waals surface area (Å²) < 4.78 is 38.6. The zero-order valence-corrected chi connectivity index (χ0v) is 12.4. The predicted octanol–water partition coefficient (Wildman–Crippen LogP) is 2.49. The SMILES string of the molecule is Cc1cccc(CNC(=O)Cn2cc(C(F)(F)F)ccc2=O)c1. The third-order valence-corrected chi connectivity index (χ3v) is 3.20. The molecule has 1 aromatic carbocycles. The van der Waals surface area contributed by atoms with E-state index in [-0.39, 0.29) is 6.54 Å². The minimum Gasteiger partial charge on any atom is -0.350 e. The Balaban J connectivity index is 2.04. The summed E-state index contributed by atoms with van der Waals surface area (Å²) in [7, 11) is 0. The molecule has 0 aliphatic carbocycles. The van der Waals surface area contributed by atoms with Crippen LogP contribution in [0.4, 0.5) is 13.2 Å². The predicted molar refractivity (Wildman–Crippen MR) is 78.7 cm³/mol. The van der Waals surface area contributed by atoms with Gasteiger partial charge in [-0.2, -0.15) is 13.2 Å². The molecule has 1 amide bonds. The topological polar surface area (TPSA) is 51.1 Å². The number of alkyl halides is 3. The lowest BCUT2D eigenvalue weighted by molar-refractivity contribution is -0.138. The summed E-state index contributed by atoms with van der Waals surface area (Å²) in [5.74, 6) is -0.534.